The quantitative estimate of drug-likeness (QED) is 0.602. The van der Waals surface area contributed by atoms with Crippen LogP contribution in [0.2, 0.25) is 5.02 Å². The van der Waals surface area contributed by atoms with Crippen molar-refractivity contribution in [3.8, 4) is 12.1 Å². The molecule has 0 heterocycles. The minimum atomic E-state index is -0.525. The van der Waals surface area contributed by atoms with Crippen molar-refractivity contribution in [3.63, 3.8) is 0 Å². The number of halogens is 1. The Bertz CT molecular complexity index is 500. The summed E-state index contributed by atoms with van der Waals surface area (Å²) in [6.45, 7) is 1.76. The maximum absolute atomic E-state index is 12.2. The van der Waals surface area contributed by atoms with Gasteiger partial charge in [0.15, 0.2) is 5.78 Å². The number of nitriles is 2. The lowest BCUT2D eigenvalue weighted by atomic mass is 10.0. The lowest BCUT2D eigenvalue weighted by Crippen LogP contribution is -2.39. The van der Waals surface area contributed by atoms with E-state index in [2.05, 4.69) is 0 Å². The van der Waals surface area contributed by atoms with Crippen molar-refractivity contribution in [1.29, 1.82) is 10.5 Å². The summed E-state index contributed by atoms with van der Waals surface area (Å²) in [5, 5.41) is 17.8. The van der Waals surface area contributed by atoms with E-state index in [-0.39, 0.29) is 18.9 Å². The molecule has 0 saturated heterocycles. The van der Waals surface area contributed by atoms with Crippen LogP contribution < -0.4 is 0 Å². The Kier molecular flexibility index (Phi) is 5.32. The molecule has 1 atom stereocenters. The number of ketones is 1. The fourth-order valence-electron chi connectivity index (χ4n) is 1.56. The minimum absolute atomic E-state index is 0.0427. The van der Waals surface area contributed by atoms with Crippen LogP contribution in [0.1, 0.15) is 17.3 Å². The summed E-state index contributed by atoms with van der Waals surface area (Å²) in [7, 11) is 0. The highest BCUT2D eigenvalue weighted by atomic mass is 35.5. The maximum Gasteiger partial charge on any atom is 0.179 e. The molecule has 0 spiro atoms. The van der Waals surface area contributed by atoms with Gasteiger partial charge in [0.1, 0.15) is 0 Å². The SMILES string of the molecule is CC(C(=O)c1cccc(Cl)c1)N(CC#N)CC#N. The van der Waals surface area contributed by atoms with Crippen LogP contribution >= 0.6 is 11.6 Å². The van der Waals surface area contributed by atoms with Crippen LogP contribution in [0.4, 0.5) is 0 Å². The third-order valence-corrected chi connectivity index (χ3v) is 2.82. The predicted octanol–water partition coefficient (Wildman–Crippen LogP) is 2.26. The fourth-order valence-corrected chi connectivity index (χ4v) is 1.75. The third kappa shape index (κ3) is 3.56. The Morgan fingerprint density at radius 3 is 2.50 bits per heavy atom. The molecular formula is C13H12ClN3O. The van der Waals surface area contributed by atoms with Crippen LogP contribution in [-0.2, 0) is 0 Å². The first-order valence-corrected chi connectivity index (χ1v) is 5.75. The molecule has 92 valence electrons. The van der Waals surface area contributed by atoms with Gasteiger partial charge >= 0.3 is 0 Å². The smallest absolute Gasteiger partial charge is 0.179 e. The number of hydrogen-bond donors (Lipinski definition) is 0. The Balaban J connectivity index is 2.89. The molecule has 4 nitrogen and oxygen atoms in total. The number of Topliss-reactive ketones (excluding diaryl/α,β-unsaturated/α-hetero) is 1. The molecule has 5 heteroatoms. The van der Waals surface area contributed by atoms with E-state index >= 15 is 0 Å². The molecule has 0 amide bonds. The Morgan fingerprint density at radius 1 is 1.39 bits per heavy atom. The highest BCUT2D eigenvalue weighted by Crippen LogP contribution is 2.14. The second kappa shape index (κ2) is 6.76. The molecule has 0 radical (unpaired) electrons. The molecule has 1 aromatic carbocycles. The topological polar surface area (TPSA) is 67.9 Å². The standard InChI is InChI=1S/C13H12ClN3O/c1-10(17(7-5-15)8-6-16)13(18)11-3-2-4-12(14)9-11/h2-4,9-10H,7-8H2,1H3. The molecule has 1 aromatic rings. The molecule has 0 aliphatic heterocycles. The van der Waals surface area contributed by atoms with Gasteiger partial charge in [0.05, 0.1) is 31.3 Å². The highest BCUT2D eigenvalue weighted by molar-refractivity contribution is 6.31. The van der Waals surface area contributed by atoms with E-state index in [1.165, 1.54) is 4.90 Å². The Labute approximate surface area is 111 Å². The lowest BCUT2D eigenvalue weighted by Gasteiger charge is -2.22. The summed E-state index contributed by atoms with van der Waals surface area (Å²) >= 11 is 5.82. The molecule has 0 N–H and O–H groups in total. The van der Waals surface area contributed by atoms with Crippen LogP contribution in [-0.4, -0.2) is 29.8 Å². The van der Waals surface area contributed by atoms with E-state index in [4.69, 9.17) is 22.1 Å². The third-order valence-electron chi connectivity index (χ3n) is 2.58. The van der Waals surface area contributed by atoms with Crippen LogP contribution in [0.25, 0.3) is 0 Å². The largest absolute Gasteiger partial charge is 0.292 e. The second-order valence-electron chi connectivity index (χ2n) is 3.77. The van der Waals surface area contributed by atoms with Crippen molar-refractivity contribution in [2.75, 3.05) is 13.1 Å². The number of carbonyl (C=O) groups excluding carboxylic acids is 1. The van der Waals surface area contributed by atoms with Gasteiger partial charge < -0.3 is 0 Å². The van der Waals surface area contributed by atoms with Gasteiger partial charge in [-0.05, 0) is 19.1 Å². The average Bonchev–Trinajstić information content (AvgIpc) is 2.37. The first kappa shape index (κ1) is 14.2. The van der Waals surface area contributed by atoms with E-state index < -0.39 is 6.04 Å². The number of rotatable bonds is 5. The molecule has 1 rings (SSSR count). The molecule has 0 bridgehead atoms. The number of benzene rings is 1. The van der Waals surface area contributed by atoms with E-state index in [1.54, 1.807) is 31.2 Å². The monoisotopic (exact) mass is 261 g/mol. The Hall–Kier alpha value is -1.88. The normalized spacial score (nSPS) is 11.6. The molecular weight excluding hydrogens is 250 g/mol. The van der Waals surface area contributed by atoms with Gasteiger partial charge in [0.2, 0.25) is 0 Å². The predicted molar refractivity (Wildman–Crippen MR) is 68.0 cm³/mol. The number of nitrogens with zero attached hydrogens (tertiary/aromatic N) is 3. The number of carbonyl (C=O) groups is 1. The van der Waals surface area contributed by atoms with Crippen molar-refractivity contribution >= 4 is 17.4 Å². The summed E-state index contributed by atoms with van der Waals surface area (Å²) in [4.78, 5) is 13.7. The van der Waals surface area contributed by atoms with E-state index in [9.17, 15) is 4.79 Å². The summed E-state index contributed by atoms with van der Waals surface area (Å²) in [6.07, 6.45) is 0. The molecule has 0 aromatic heterocycles. The van der Waals surface area contributed by atoms with Crippen LogP contribution in [0.5, 0.6) is 0 Å². The molecule has 0 aliphatic rings. The fraction of sp³-hybridized carbons (Fsp3) is 0.308. The van der Waals surface area contributed by atoms with Crippen molar-refractivity contribution in [2.45, 2.75) is 13.0 Å². The van der Waals surface area contributed by atoms with Crippen molar-refractivity contribution in [1.82, 2.24) is 4.90 Å². The average molecular weight is 262 g/mol. The summed E-state index contributed by atoms with van der Waals surface area (Å²) in [6, 6.07) is 10.0. The summed E-state index contributed by atoms with van der Waals surface area (Å²) < 4.78 is 0. The van der Waals surface area contributed by atoms with Crippen molar-refractivity contribution in [3.05, 3.63) is 34.9 Å². The Morgan fingerprint density at radius 2 is 2.00 bits per heavy atom. The van der Waals surface area contributed by atoms with Crippen LogP contribution in [0.3, 0.4) is 0 Å². The lowest BCUT2D eigenvalue weighted by molar-refractivity contribution is 0.0868. The highest BCUT2D eigenvalue weighted by Gasteiger charge is 2.22. The van der Waals surface area contributed by atoms with E-state index in [1.807, 2.05) is 12.1 Å². The minimum Gasteiger partial charge on any atom is -0.292 e. The molecule has 0 aliphatic carbocycles. The van der Waals surface area contributed by atoms with Gasteiger partial charge in [-0.1, -0.05) is 23.7 Å². The van der Waals surface area contributed by atoms with E-state index in [0.717, 1.165) is 0 Å². The first-order valence-electron chi connectivity index (χ1n) is 5.38. The van der Waals surface area contributed by atoms with Gasteiger partial charge in [-0.15, -0.1) is 0 Å². The maximum atomic E-state index is 12.2. The van der Waals surface area contributed by atoms with Crippen molar-refractivity contribution in [2.24, 2.45) is 0 Å². The van der Waals surface area contributed by atoms with Gasteiger partial charge in [-0.25, -0.2) is 0 Å². The second-order valence-corrected chi connectivity index (χ2v) is 4.21. The summed E-state index contributed by atoms with van der Waals surface area (Å²) in [5.74, 6) is -0.150. The van der Waals surface area contributed by atoms with Crippen LogP contribution in [0.15, 0.2) is 24.3 Å². The molecule has 1 unspecified atom stereocenters. The van der Waals surface area contributed by atoms with Gasteiger partial charge in [0.25, 0.3) is 0 Å². The summed E-state index contributed by atoms with van der Waals surface area (Å²) in [5.41, 5.74) is 0.482. The van der Waals surface area contributed by atoms with Gasteiger partial charge in [-0.2, -0.15) is 10.5 Å². The van der Waals surface area contributed by atoms with Crippen molar-refractivity contribution < 1.29 is 4.79 Å². The van der Waals surface area contributed by atoms with Gasteiger partial charge in [0, 0.05) is 10.6 Å². The molecule has 0 saturated carbocycles. The van der Waals surface area contributed by atoms with Crippen LogP contribution in [0, 0.1) is 22.7 Å². The zero-order chi connectivity index (χ0) is 13.5. The molecule has 0 fully saturated rings. The molecule has 18 heavy (non-hydrogen) atoms. The zero-order valence-electron chi connectivity index (χ0n) is 9.93. The zero-order valence-corrected chi connectivity index (χ0v) is 10.7. The van der Waals surface area contributed by atoms with Gasteiger partial charge in [-0.3, -0.25) is 9.69 Å². The first-order chi connectivity index (χ1) is 8.60. The number of hydrogen-bond acceptors (Lipinski definition) is 4. The van der Waals surface area contributed by atoms with E-state index in [0.29, 0.717) is 10.6 Å².